The van der Waals surface area contributed by atoms with Gasteiger partial charge in [0.15, 0.2) is 0 Å². The first-order valence-electron chi connectivity index (χ1n) is 9.75. The summed E-state index contributed by atoms with van der Waals surface area (Å²) in [4.78, 5) is 0. The van der Waals surface area contributed by atoms with Gasteiger partial charge in [-0.3, -0.25) is 0 Å². The SMILES string of the molecule is c1ccc2cc3c(cc2c1)Cc1c-3c2sc3ccccc3c2c2ccccc12. The monoisotopic (exact) mass is 372 g/mol. The molecule has 0 amide bonds. The molecule has 0 fully saturated rings. The van der Waals surface area contributed by atoms with Crippen LogP contribution in [-0.2, 0) is 6.42 Å². The summed E-state index contributed by atoms with van der Waals surface area (Å²) in [6.07, 6.45) is 1.03. The van der Waals surface area contributed by atoms with E-state index in [1.807, 2.05) is 11.3 Å². The molecule has 6 aromatic rings. The highest BCUT2D eigenvalue weighted by Crippen LogP contribution is 2.51. The van der Waals surface area contributed by atoms with Gasteiger partial charge in [-0.25, -0.2) is 0 Å². The predicted molar refractivity (Wildman–Crippen MR) is 123 cm³/mol. The third kappa shape index (κ3) is 1.80. The third-order valence-electron chi connectivity index (χ3n) is 6.25. The zero-order chi connectivity index (χ0) is 18.2. The van der Waals surface area contributed by atoms with Gasteiger partial charge in [-0.2, -0.15) is 0 Å². The van der Waals surface area contributed by atoms with E-state index in [1.54, 1.807) is 0 Å². The molecule has 130 valence electrons. The van der Waals surface area contributed by atoms with Crippen molar-refractivity contribution in [3.63, 3.8) is 0 Å². The average molecular weight is 372 g/mol. The highest BCUT2D eigenvalue weighted by atomic mass is 32.1. The topological polar surface area (TPSA) is 0 Å². The van der Waals surface area contributed by atoms with Crippen molar-refractivity contribution in [1.82, 2.24) is 0 Å². The Balaban J connectivity index is 1.74. The number of fused-ring (bicyclic) bond motifs is 11. The summed E-state index contributed by atoms with van der Waals surface area (Å²) < 4.78 is 2.83. The Hall–Kier alpha value is -3.16. The molecule has 0 spiro atoms. The van der Waals surface area contributed by atoms with E-state index in [1.165, 1.54) is 64.0 Å². The van der Waals surface area contributed by atoms with Crippen LogP contribution < -0.4 is 0 Å². The molecule has 0 saturated heterocycles. The van der Waals surface area contributed by atoms with Crippen LogP contribution in [0.1, 0.15) is 11.1 Å². The van der Waals surface area contributed by atoms with Crippen LogP contribution in [0, 0.1) is 0 Å². The lowest BCUT2D eigenvalue weighted by atomic mass is 9.94. The quantitative estimate of drug-likeness (QED) is 0.253. The molecule has 0 N–H and O–H groups in total. The van der Waals surface area contributed by atoms with E-state index in [-0.39, 0.29) is 0 Å². The number of rotatable bonds is 0. The van der Waals surface area contributed by atoms with Crippen molar-refractivity contribution >= 4 is 53.1 Å². The fourth-order valence-corrected chi connectivity index (χ4v) is 6.35. The standard InChI is InChI=1S/C27H16S/c1-2-8-17-14-22-18(13-16(17)7-1)15-23-19-9-3-4-10-20(19)25-21-11-5-6-12-24(21)28-27(25)26(22)23/h1-14H,15H2. The van der Waals surface area contributed by atoms with Crippen LogP contribution in [0.5, 0.6) is 0 Å². The highest BCUT2D eigenvalue weighted by molar-refractivity contribution is 7.26. The van der Waals surface area contributed by atoms with Crippen LogP contribution in [0.15, 0.2) is 84.9 Å². The molecule has 28 heavy (non-hydrogen) atoms. The summed E-state index contributed by atoms with van der Waals surface area (Å²) in [7, 11) is 0. The Labute approximate surface area is 166 Å². The van der Waals surface area contributed by atoms with Gasteiger partial charge in [-0.1, -0.05) is 72.8 Å². The van der Waals surface area contributed by atoms with Gasteiger partial charge in [-0.05, 0) is 56.8 Å². The Kier molecular flexibility index (Phi) is 2.76. The molecule has 1 heteroatoms. The number of benzene rings is 5. The molecule has 0 saturated carbocycles. The zero-order valence-corrected chi connectivity index (χ0v) is 16.0. The van der Waals surface area contributed by atoms with E-state index in [0.29, 0.717) is 0 Å². The van der Waals surface area contributed by atoms with Gasteiger partial charge in [-0.15, -0.1) is 11.3 Å². The molecule has 0 atom stereocenters. The zero-order valence-electron chi connectivity index (χ0n) is 15.2. The first-order chi connectivity index (χ1) is 13.9. The number of hydrogen-bond donors (Lipinski definition) is 0. The smallest absolute Gasteiger partial charge is 0.0443 e. The minimum absolute atomic E-state index is 1.03. The molecule has 0 unspecified atom stereocenters. The van der Waals surface area contributed by atoms with E-state index >= 15 is 0 Å². The van der Waals surface area contributed by atoms with E-state index < -0.39 is 0 Å². The summed E-state index contributed by atoms with van der Waals surface area (Å²) in [5, 5.41) is 8.29. The maximum absolute atomic E-state index is 2.41. The molecule has 1 aliphatic carbocycles. The summed E-state index contributed by atoms with van der Waals surface area (Å²) in [6.45, 7) is 0. The second-order valence-electron chi connectivity index (χ2n) is 7.73. The number of hydrogen-bond acceptors (Lipinski definition) is 1. The fourth-order valence-electron chi connectivity index (χ4n) is 5.05. The Morgan fingerprint density at radius 2 is 1.32 bits per heavy atom. The van der Waals surface area contributed by atoms with Gasteiger partial charge >= 0.3 is 0 Å². The molecule has 1 aliphatic rings. The van der Waals surface area contributed by atoms with Crippen molar-refractivity contribution in [2.24, 2.45) is 0 Å². The van der Waals surface area contributed by atoms with Gasteiger partial charge in [0, 0.05) is 25.7 Å². The average Bonchev–Trinajstić information content (AvgIpc) is 3.30. The molecular weight excluding hydrogens is 356 g/mol. The van der Waals surface area contributed by atoms with Crippen LogP contribution in [0.25, 0.3) is 52.8 Å². The van der Waals surface area contributed by atoms with Gasteiger partial charge in [0.25, 0.3) is 0 Å². The predicted octanol–water partition coefficient (Wildman–Crippen LogP) is 7.93. The molecule has 7 rings (SSSR count). The Morgan fingerprint density at radius 3 is 2.18 bits per heavy atom. The number of thiophene rings is 1. The lowest BCUT2D eigenvalue weighted by molar-refractivity contribution is 1.29. The maximum atomic E-state index is 2.41. The Morgan fingerprint density at radius 1 is 0.643 bits per heavy atom. The summed E-state index contributed by atoms with van der Waals surface area (Å²) >= 11 is 1.95. The molecule has 0 bridgehead atoms. The van der Waals surface area contributed by atoms with Gasteiger partial charge in [0.2, 0.25) is 0 Å². The second kappa shape index (κ2) is 5.21. The highest BCUT2D eigenvalue weighted by Gasteiger charge is 2.26. The molecule has 0 radical (unpaired) electrons. The van der Waals surface area contributed by atoms with E-state index in [2.05, 4.69) is 84.9 Å². The minimum Gasteiger partial charge on any atom is -0.134 e. The Bertz CT molecular complexity index is 1580. The normalized spacial score (nSPS) is 12.9. The second-order valence-corrected chi connectivity index (χ2v) is 8.79. The molecule has 5 aromatic carbocycles. The molecular formula is C27H16S. The van der Waals surface area contributed by atoms with Crippen LogP contribution in [0.4, 0.5) is 0 Å². The van der Waals surface area contributed by atoms with E-state index in [0.717, 1.165) is 6.42 Å². The van der Waals surface area contributed by atoms with Gasteiger partial charge < -0.3 is 0 Å². The third-order valence-corrected chi connectivity index (χ3v) is 7.44. The summed E-state index contributed by atoms with van der Waals surface area (Å²) in [5.41, 5.74) is 5.86. The van der Waals surface area contributed by atoms with Gasteiger partial charge in [0.05, 0.1) is 0 Å². The summed E-state index contributed by atoms with van der Waals surface area (Å²) in [5.74, 6) is 0. The van der Waals surface area contributed by atoms with E-state index in [9.17, 15) is 0 Å². The first-order valence-corrected chi connectivity index (χ1v) is 10.6. The van der Waals surface area contributed by atoms with Crippen LogP contribution in [-0.4, -0.2) is 0 Å². The molecule has 0 aliphatic heterocycles. The van der Waals surface area contributed by atoms with Crippen molar-refractivity contribution in [1.29, 1.82) is 0 Å². The molecule has 1 heterocycles. The molecule has 0 nitrogen and oxygen atoms in total. The summed E-state index contributed by atoms with van der Waals surface area (Å²) in [6, 6.07) is 31.4. The van der Waals surface area contributed by atoms with Crippen molar-refractivity contribution in [3.05, 3.63) is 96.1 Å². The maximum Gasteiger partial charge on any atom is 0.0443 e. The van der Waals surface area contributed by atoms with Crippen LogP contribution in [0.3, 0.4) is 0 Å². The lowest BCUT2D eigenvalue weighted by Gasteiger charge is -2.09. The fraction of sp³-hybridized carbons (Fsp3) is 0.0370. The van der Waals surface area contributed by atoms with Crippen LogP contribution >= 0.6 is 11.3 Å². The van der Waals surface area contributed by atoms with Crippen molar-refractivity contribution in [2.75, 3.05) is 0 Å². The van der Waals surface area contributed by atoms with Crippen molar-refractivity contribution in [3.8, 4) is 11.1 Å². The van der Waals surface area contributed by atoms with Crippen molar-refractivity contribution in [2.45, 2.75) is 6.42 Å². The van der Waals surface area contributed by atoms with E-state index in [4.69, 9.17) is 0 Å². The molecule has 1 aromatic heterocycles. The largest absolute Gasteiger partial charge is 0.134 e. The van der Waals surface area contributed by atoms with Crippen molar-refractivity contribution < 1.29 is 0 Å². The van der Waals surface area contributed by atoms with Gasteiger partial charge in [0.1, 0.15) is 0 Å². The lowest BCUT2D eigenvalue weighted by Crippen LogP contribution is -1.85. The minimum atomic E-state index is 1.03. The first kappa shape index (κ1) is 14.8. The van der Waals surface area contributed by atoms with Crippen LogP contribution in [0.2, 0.25) is 0 Å².